The summed E-state index contributed by atoms with van der Waals surface area (Å²) in [6, 6.07) is 6.18. The summed E-state index contributed by atoms with van der Waals surface area (Å²) < 4.78 is 1.05. The van der Waals surface area contributed by atoms with E-state index in [0.29, 0.717) is 0 Å². The summed E-state index contributed by atoms with van der Waals surface area (Å²) in [5, 5.41) is 0. The Morgan fingerprint density at radius 3 is 2.80 bits per heavy atom. The lowest BCUT2D eigenvalue weighted by Gasteiger charge is -2.31. The Bertz CT molecular complexity index is 401. The van der Waals surface area contributed by atoms with Crippen LogP contribution in [0.2, 0.25) is 0 Å². The van der Waals surface area contributed by atoms with E-state index in [4.69, 9.17) is 0 Å². The van der Waals surface area contributed by atoms with E-state index in [9.17, 15) is 4.79 Å². The third-order valence-electron chi connectivity index (χ3n) is 2.80. The van der Waals surface area contributed by atoms with Crippen molar-refractivity contribution in [3.05, 3.63) is 33.8 Å². The highest BCUT2D eigenvalue weighted by Crippen LogP contribution is 2.23. The maximum Gasteiger partial charge on any atom is 0.254 e. The highest BCUT2D eigenvalue weighted by molar-refractivity contribution is 9.10. The average molecular weight is 268 g/mol. The molecule has 3 heteroatoms. The fourth-order valence-corrected chi connectivity index (χ4v) is 2.38. The van der Waals surface area contributed by atoms with Crippen LogP contribution in [0.1, 0.15) is 29.8 Å². The number of rotatable bonds is 1. The van der Waals surface area contributed by atoms with Gasteiger partial charge in [0.05, 0.1) is 0 Å². The number of halogens is 1. The largest absolute Gasteiger partial charge is 0.336 e. The van der Waals surface area contributed by atoms with Crippen molar-refractivity contribution in [1.29, 1.82) is 0 Å². The summed E-state index contributed by atoms with van der Waals surface area (Å²) in [5.41, 5.74) is 2.02. The van der Waals surface area contributed by atoms with Crippen molar-refractivity contribution in [2.45, 2.75) is 26.3 Å². The van der Waals surface area contributed by atoms with Crippen LogP contribution in [0.5, 0.6) is 0 Å². The molecule has 0 atom stereocenters. The minimum atomic E-state index is 0.166. The molecule has 1 aromatic rings. The van der Waals surface area contributed by atoms with Gasteiger partial charge in [0.25, 0.3) is 5.91 Å². The van der Waals surface area contributed by atoms with Crippen LogP contribution < -0.4 is 0 Å². The quantitative estimate of drug-likeness (QED) is 0.767. The molecule has 0 saturated heterocycles. The molecule has 0 radical (unpaired) electrons. The Balaban J connectivity index is 2.39. The Morgan fingerprint density at radius 2 is 2.13 bits per heavy atom. The number of hydrogen-bond acceptors (Lipinski definition) is 1. The molecule has 1 aliphatic rings. The highest BCUT2D eigenvalue weighted by Gasteiger charge is 2.25. The van der Waals surface area contributed by atoms with Crippen molar-refractivity contribution in [2.75, 3.05) is 6.54 Å². The molecule has 1 heterocycles. The first-order valence-corrected chi connectivity index (χ1v) is 5.98. The fraction of sp³-hybridized carbons (Fsp3) is 0.417. The van der Waals surface area contributed by atoms with E-state index in [-0.39, 0.29) is 11.9 Å². The second-order valence-corrected chi connectivity index (χ2v) is 5.06. The molecule has 0 unspecified atom stereocenters. The molecule has 1 aromatic carbocycles. The van der Waals surface area contributed by atoms with Gasteiger partial charge in [0, 0.05) is 22.6 Å². The fourth-order valence-electron chi connectivity index (χ4n) is 1.97. The summed E-state index contributed by atoms with van der Waals surface area (Å²) >= 11 is 3.43. The normalized spacial score (nSPS) is 15.7. The van der Waals surface area contributed by atoms with E-state index < -0.39 is 0 Å². The molecule has 1 amide bonds. The van der Waals surface area contributed by atoms with Gasteiger partial charge in [-0.25, -0.2) is 0 Å². The topological polar surface area (TPSA) is 20.3 Å². The second-order valence-electron chi connectivity index (χ2n) is 4.14. The van der Waals surface area contributed by atoms with Gasteiger partial charge in [0.1, 0.15) is 0 Å². The molecule has 0 spiro atoms. The zero-order valence-electron chi connectivity index (χ0n) is 8.96. The van der Waals surface area contributed by atoms with Crippen molar-refractivity contribution in [2.24, 2.45) is 0 Å². The van der Waals surface area contributed by atoms with E-state index in [2.05, 4.69) is 29.8 Å². The Labute approximate surface area is 98.4 Å². The number of hydrogen-bond donors (Lipinski definition) is 0. The Hall–Kier alpha value is -0.830. The Morgan fingerprint density at radius 1 is 1.40 bits per heavy atom. The van der Waals surface area contributed by atoms with Gasteiger partial charge in [-0.2, -0.15) is 0 Å². The molecule has 2 nitrogen and oxygen atoms in total. The average Bonchev–Trinajstić information content (AvgIpc) is 2.17. The molecule has 0 N–H and O–H groups in total. The van der Waals surface area contributed by atoms with Crippen molar-refractivity contribution in [1.82, 2.24) is 4.90 Å². The molecule has 0 saturated carbocycles. The van der Waals surface area contributed by atoms with Crippen LogP contribution in [0.15, 0.2) is 22.7 Å². The van der Waals surface area contributed by atoms with Crippen molar-refractivity contribution in [3.63, 3.8) is 0 Å². The van der Waals surface area contributed by atoms with Gasteiger partial charge in [0.2, 0.25) is 0 Å². The first-order chi connectivity index (χ1) is 7.09. The molecule has 80 valence electrons. The highest BCUT2D eigenvalue weighted by atomic mass is 79.9. The molecule has 1 aliphatic heterocycles. The monoisotopic (exact) mass is 267 g/mol. The van der Waals surface area contributed by atoms with Gasteiger partial charge in [-0.15, -0.1) is 0 Å². The molecule has 0 fully saturated rings. The van der Waals surface area contributed by atoms with Crippen molar-refractivity contribution < 1.29 is 4.79 Å². The number of carbonyl (C=O) groups is 1. The molecule has 15 heavy (non-hydrogen) atoms. The van der Waals surface area contributed by atoms with Crippen LogP contribution in [0, 0.1) is 0 Å². The van der Waals surface area contributed by atoms with E-state index in [1.807, 2.05) is 23.1 Å². The number of carbonyl (C=O) groups excluding carboxylic acids is 1. The van der Waals surface area contributed by atoms with Gasteiger partial charge >= 0.3 is 0 Å². The lowest BCUT2D eigenvalue weighted by Crippen LogP contribution is -2.42. The van der Waals surface area contributed by atoms with E-state index in [1.165, 1.54) is 0 Å². The predicted octanol–water partition coefficient (Wildman–Crippen LogP) is 2.86. The third-order valence-corrected chi connectivity index (χ3v) is 3.30. The van der Waals surface area contributed by atoms with Gasteiger partial charge in [0.15, 0.2) is 0 Å². The van der Waals surface area contributed by atoms with Crippen LogP contribution in [0.25, 0.3) is 0 Å². The SMILES string of the molecule is CC(C)N1CCc2cc(Br)ccc2C1=O. The zero-order valence-corrected chi connectivity index (χ0v) is 10.5. The van der Waals surface area contributed by atoms with Gasteiger partial charge in [-0.3, -0.25) is 4.79 Å². The smallest absolute Gasteiger partial charge is 0.254 e. The molecule has 0 bridgehead atoms. The van der Waals surface area contributed by atoms with Crippen LogP contribution in [0.4, 0.5) is 0 Å². The number of nitrogens with zero attached hydrogens (tertiary/aromatic N) is 1. The number of amides is 1. The summed E-state index contributed by atoms with van der Waals surface area (Å²) in [4.78, 5) is 14.0. The molecular weight excluding hydrogens is 254 g/mol. The molecular formula is C12H14BrNO. The minimum absolute atomic E-state index is 0.166. The molecule has 0 aromatic heterocycles. The lowest BCUT2D eigenvalue weighted by atomic mass is 9.98. The second kappa shape index (κ2) is 3.97. The van der Waals surface area contributed by atoms with Crippen LogP contribution in [-0.2, 0) is 6.42 Å². The molecule has 0 aliphatic carbocycles. The third kappa shape index (κ3) is 1.93. The maximum absolute atomic E-state index is 12.1. The number of fused-ring (bicyclic) bond motifs is 1. The first-order valence-electron chi connectivity index (χ1n) is 5.19. The van der Waals surface area contributed by atoms with Crippen LogP contribution in [0.3, 0.4) is 0 Å². The maximum atomic E-state index is 12.1. The first kappa shape index (κ1) is 10.7. The van der Waals surface area contributed by atoms with Crippen molar-refractivity contribution >= 4 is 21.8 Å². The van der Waals surface area contributed by atoms with Gasteiger partial charge in [-0.05, 0) is 44.0 Å². The molecule has 2 rings (SSSR count). The zero-order chi connectivity index (χ0) is 11.0. The van der Waals surface area contributed by atoms with Crippen LogP contribution >= 0.6 is 15.9 Å². The summed E-state index contributed by atoms with van der Waals surface area (Å²) in [6.45, 7) is 4.95. The van der Waals surface area contributed by atoms with Gasteiger partial charge in [-0.1, -0.05) is 15.9 Å². The van der Waals surface area contributed by atoms with E-state index in [1.54, 1.807) is 0 Å². The summed E-state index contributed by atoms with van der Waals surface area (Å²) in [7, 11) is 0. The van der Waals surface area contributed by atoms with E-state index in [0.717, 1.165) is 28.6 Å². The van der Waals surface area contributed by atoms with Gasteiger partial charge < -0.3 is 4.90 Å². The van der Waals surface area contributed by atoms with Crippen LogP contribution in [-0.4, -0.2) is 23.4 Å². The van der Waals surface area contributed by atoms with Crippen molar-refractivity contribution in [3.8, 4) is 0 Å². The predicted molar refractivity (Wildman–Crippen MR) is 64.0 cm³/mol. The van der Waals surface area contributed by atoms with E-state index >= 15 is 0 Å². The minimum Gasteiger partial charge on any atom is -0.336 e. The number of benzene rings is 1. The summed E-state index contributed by atoms with van der Waals surface area (Å²) in [6.07, 6.45) is 0.957. The standard InChI is InChI=1S/C12H14BrNO/c1-8(2)14-6-5-9-7-10(13)3-4-11(9)12(14)15/h3-4,7-8H,5-6H2,1-2H3. The summed E-state index contributed by atoms with van der Waals surface area (Å²) in [5.74, 6) is 0.166. The lowest BCUT2D eigenvalue weighted by molar-refractivity contribution is 0.0688. The Kier molecular flexibility index (Phi) is 2.83.